The number of anilines is 2. The summed E-state index contributed by atoms with van der Waals surface area (Å²) >= 11 is 0. The molecule has 1 amide bonds. The lowest BCUT2D eigenvalue weighted by molar-refractivity contribution is -0.384. The van der Waals surface area contributed by atoms with E-state index in [1.807, 2.05) is 0 Å². The number of nitro groups is 1. The lowest BCUT2D eigenvalue weighted by Gasteiger charge is -2.17. The predicted molar refractivity (Wildman–Crippen MR) is 105 cm³/mol. The number of nitrogens with zero attached hydrogens (tertiary/aromatic N) is 2. The van der Waals surface area contributed by atoms with Crippen molar-refractivity contribution in [2.24, 2.45) is 0 Å². The van der Waals surface area contributed by atoms with Crippen LogP contribution in [-0.2, 0) is 10.0 Å². The maximum atomic E-state index is 12.7. The molecule has 1 aliphatic rings. The Hall–Kier alpha value is -2.98. The third kappa shape index (κ3) is 4.46. The standard InChI is InChI=1S/C18H20N4O5S/c1-21(2)17-9-8-14(22(24)25)11-16(17)18(23)19-13-4-3-5-15(10-13)28(26,27)20-12-6-7-12/h3-5,8-12,20H,6-7H2,1-2H3,(H,19,23). The van der Waals surface area contributed by atoms with Crippen LogP contribution in [0, 0.1) is 10.1 Å². The number of hydrogen-bond acceptors (Lipinski definition) is 6. The predicted octanol–water partition coefficient (Wildman–Crippen LogP) is 2.35. The molecule has 2 aromatic rings. The lowest BCUT2D eigenvalue weighted by Crippen LogP contribution is -2.25. The summed E-state index contributed by atoms with van der Waals surface area (Å²) < 4.78 is 27.3. The number of rotatable bonds is 7. The Balaban J connectivity index is 1.88. The molecule has 28 heavy (non-hydrogen) atoms. The molecular weight excluding hydrogens is 384 g/mol. The Morgan fingerprint density at radius 1 is 1.18 bits per heavy atom. The number of nitrogens with one attached hydrogen (secondary N) is 2. The van der Waals surface area contributed by atoms with Crippen molar-refractivity contribution in [2.75, 3.05) is 24.3 Å². The minimum absolute atomic E-state index is 0.0317. The molecule has 0 aromatic heterocycles. The fourth-order valence-corrected chi connectivity index (χ4v) is 3.99. The topological polar surface area (TPSA) is 122 Å². The zero-order chi connectivity index (χ0) is 20.5. The number of benzene rings is 2. The fourth-order valence-electron chi connectivity index (χ4n) is 2.64. The largest absolute Gasteiger partial charge is 0.377 e. The van der Waals surface area contributed by atoms with Gasteiger partial charge >= 0.3 is 0 Å². The molecule has 0 bridgehead atoms. The summed E-state index contributed by atoms with van der Waals surface area (Å²) in [5.74, 6) is -0.572. The second-order valence-corrected chi connectivity index (χ2v) is 8.44. The van der Waals surface area contributed by atoms with Gasteiger partial charge in [0.15, 0.2) is 0 Å². The normalized spacial score (nSPS) is 13.8. The Bertz CT molecular complexity index is 1030. The van der Waals surface area contributed by atoms with E-state index in [1.54, 1.807) is 25.1 Å². The Labute approximate surface area is 162 Å². The smallest absolute Gasteiger partial charge is 0.270 e. The van der Waals surface area contributed by atoms with E-state index in [9.17, 15) is 23.3 Å². The molecule has 0 atom stereocenters. The highest BCUT2D eigenvalue weighted by atomic mass is 32.2. The molecule has 10 heteroatoms. The van der Waals surface area contributed by atoms with Crippen LogP contribution in [0.25, 0.3) is 0 Å². The Morgan fingerprint density at radius 3 is 2.50 bits per heavy atom. The monoisotopic (exact) mass is 404 g/mol. The van der Waals surface area contributed by atoms with Crippen molar-refractivity contribution >= 4 is 33.0 Å². The number of nitro benzene ring substituents is 1. The van der Waals surface area contributed by atoms with Crippen LogP contribution in [0.3, 0.4) is 0 Å². The highest BCUT2D eigenvalue weighted by Gasteiger charge is 2.28. The number of hydrogen-bond donors (Lipinski definition) is 2. The molecule has 2 aromatic carbocycles. The summed E-state index contributed by atoms with van der Waals surface area (Å²) in [4.78, 5) is 24.9. The van der Waals surface area contributed by atoms with Crippen molar-refractivity contribution in [2.45, 2.75) is 23.8 Å². The number of amides is 1. The Morgan fingerprint density at radius 2 is 1.89 bits per heavy atom. The summed E-state index contributed by atoms with van der Waals surface area (Å²) in [5, 5.41) is 13.7. The maximum Gasteiger partial charge on any atom is 0.270 e. The summed E-state index contributed by atoms with van der Waals surface area (Å²) in [6.07, 6.45) is 1.63. The maximum absolute atomic E-state index is 12.7. The molecule has 0 unspecified atom stereocenters. The van der Waals surface area contributed by atoms with Gasteiger partial charge < -0.3 is 10.2 Å². The van der Waals surface area contributed by atoms with E-state index in [2.05, 4.69) is 10.0 Å². The fraction of sp³-hybridized carbons (Fsp3) is 0.278. The van der Waals surface area contributed by atoms with Crippen LogP contribution in [0.1, 0.15) is 23.2 Å². The summed E-state index contributed by atoms with van der Waals surface area (Å²) in [7, 11) is -0.224. The van der Waals surface area contributed by atoms with Crippen LogP contribution in [0.5, 0.6) is 0 Å². The third-order valence-electron chi connectivity index (χ3n) is 4.22. The van der Waals surface area contributed by atoms with Crippen molar-refractivity contribution in [3.8, 4) is 0 Å². The molecule has 1 fully saturated rings. The van der Waals surface area contributed by atoms with Gasteiger partial charge in [0.2, 0.25) is 10.0 Å². The molecule has 148 valence electrons. The van der Waals surface area contributed by atoms with Crippen LogP contribution in [-0.4, -0.2) is 39.4 Å². The van der Waals surface area contributed by atoms with Gasteiger partial charge in [-0.25, -0.2) is 13.1 Å². The first-order valence-corrected chi connectivity index (χ1v) is 10.1. The third-order valence-corrected chi connectivity index (χ3v) is 5.74. The van der Waals surface area contributed by atoms with Gasteiger partial charge in [-0.15, -0.1) is 0 Å². The summed E-state index contributed by atoms with van der Waals surface area (Å²) in [6.45, 7) is 0. The first-order valence-electron chi connectivity index (χ1n) is 8.57. The van der Waals surface area contributed by atoms with Crippen LogP contribution >= 0.6 is 0 Å². The molecule has 1 saturated carbocycles. The molecule has 1 aliphatic carbocycles. The average Bonchev–Trinajstić information content (AvgIpc) is 3.44. The van der Waals surface area contributed by atoms with Crippen molar-refractivity contribution < 1.29 is 18.1 Å². The number of carbonyl (C=O) groups is 1. The van der Waals surface area contributed by atoms with Gasteiger partial charge in [0.05, 0.1) is 15.4 Å². The molecule has 0 heterocycles. The lowest BCUT2D eigenvalue weighted by atomic mass is 10.1. The van der Waals surface area contributed by atoms with E-state index in [-0.39, 0.29) is 27.9 Å². The molecule has 0 radical (unpaired) electrons. The molecule has 3 rings (SSSR count). The minimum Gasteiger partial charge on any atom is -0.377 e. The van der Waals surface area contributed by atoms with E-state index in [0.717, 1.165) is 12.8 Å². The quantitative estimate of drug-likeness (QED) is 0.540. The van der Waals surface area contributed by atoms with Crippen LogP contribution in [0.15, 0.2) is 47.4 Å². The molecule has 0 spiro atoms. The van der Waals surface area contributed by atoms with Crippen molar-refractivity contribution in [1.29, 1.82) is 0 Å². The second-order valence-electron chi connectivity index (χ2n) is 6.73. The SMILES string of the molecule is CN(C)c1ccc([N+](=O)[O-])cc1C(=O)Nc1cccc(S(=O)(=O)NC2CC2)c1. The van der Waals surface area contributed by atoms with Crippen LogP contribution in [0.4, 0.5) is 17.1 Å². The van der Waals surface area contributed by atoms with E-state index < -0.39 is 20.9 Å². The second kappa shape index (κ2) is 7.56. The molecule has 0 aliphatic heterocycles. The van der Waals surface area contributed by atoms with E-state index in [0.29, 0.717) is 5.69 Å². The van der Waals surface area contributed by atoms with Crippen LogP contribution in [0.2, 0.25) is 0 Å². The van der Waals surface area contributed by atoms with E-state index in [4.69, 9.17) is 0 Å². The zero-order valence-corrected chi connectivity index (χ0v) is 16.2. The first-order chi connectivity index (χ1) is 13.2. The van der Waals surface area contributed by atoms with E-state index >= 15 is 0 Å². The van der Waals surface area contributed by atoms with Gasteiger partial charge in [-0.3, -0.25) is 14.9 Å². The molecule has 2 N–H and O–H groups in total. The summed E-state index contributed by atoms with van der Waals surface area (Å²) in [5.41, 5.74) is 0.687. The molecular formula is C18H20N4O5S. The Kier molecular flexibility index (Phi) is 5.34. The van der Waals surface area contributed by atoms with Crippen LogP contribution < -0.4 is 14.9 Å². The number of carbonyl (C=O) groups excluding carboxylic acids is 1. The van der Waals surface area contributed by atoms with Gasteiger partial charge in [0, 0.05) is 43.6 Å². The average molecular weight is 404 g/mol. The van der Waals surface area contributed by atoms with Gasteiger partial charge in [0.1, 0.15) is 0 Å². The van der Waals surface area contributed by atoms with Crippen molar-refractivity contribution in [3.05, 3.63) is 58.1 Å². The summed E-state index contributed by atoms with van der Waals surface area (Å²) in [6, 6.07) is 9.86. The van der Waals surface area contributed by atoms with E-state index in [1.165, 1.54) is 36.4 Å². The minimum atomic E-state index is -3.66. The van der Waals surface area contributed by atoms with Gasteiger partial charge in [-0.2, -0.15) is 0 Å². The van der Waals surface area contributed by atoms with Crippen molar-refractivity contribution in [3.63, 3.8) is 0 Å². The highest BCUT2D eigenvalue weighted by Crippen LogP contribution is 2.26. The molecule has 9 nitrogen and oxygen atoms in total. The number of sulfonamides is 1. The van der Waals surface area contributed by atoms with Crippen molar-refractivity contribution in [1.82, 2.24) is 4.72 Å². The van der Waals surface area contributed by atoms with Gasteiger partial charge in [0.25, 0.3) is 11.6 Å². The number of non-ortho nitro benzene ring substituents is 1. The van der Waals surface area contributed by atoms with Gasteiger partial charge in [-0.05, 0) is 37.1 Å². The first kappa shape index (κ1) is 19.8. The van der Waals surface area contributed by atoms with Gasteiger partial charge in [-0.1, -0.05) is 6.07 Å². The highest BCUT2D eigenvalue weighted by molar-refractivity contribution is 7.89. The zero-order valence-electron chi connectivity index (χ0n) is 15.4. The molecule has 0 saturated heterocycles.